The summed E-state index contributed by atoms with van der Waals surface area (Å²) < 4.78 is 0. The van der Waals surface area contributed by atoms with Crippen LogP contribution >= 0.6 is 22.7 Å². The molecule has 0 atom stereocenters. The quantitative estimate of drug-likeness (QED) is 0.244. The van der Waals surface area contributed by atoms with Crippen LogP contribution in [0.2, 0.25) is 0 Å². The maximum absolute atomic E-state index is 2.52. The SMILES string of the molecule is Cc1cc(C)c(B2c3cc4c(cc3C=Cc3sccc32)B(c2c(C)cc(C)cc2C)c2ccsc2C=C4)c(C)c1. The van der Waals surface area contributed by atoms with Gasteiger partial charge in [-0.05, 0) is 75.6 Å². The number of hydrogen-bond acceptors (Lipinski definition) is 2. The number of rotatable bonds is 2. The van der Waals surface area contributed by atoms with Crippen molar-refractivity contribution < 1.29 is 0 Å². The normalized spacial score (nSPS) is 13.4. The topological polar surface area (TPSA) is 0 Å². The third-order valence-corrected chi connectivity index (χ3v) is 10.7. The van der Waals surface area contributed by atoms with Crippen LogP contribution in [0.4, 0.5) is 0 Å². The molecule has 0 N–H and O–H groups in total. The largest absolute Gasteiger partial charge is 0.244 e. The van der Waals surface area contributed by atoms with E-state index in [1.165, 1.54) is 87.0 Å². The highest BCUT2D eigenvalue weighted by Crippen LogP contribution is 2.23. The Bertz CT molecular complexity index is 1700. The maximum Gasteiger partial charge on any atom is 0.244 e. The highest BCUT2D eigenvalue weighted by atomic mass is 32.1. The van der Waals surface area contributed by atoms with E-state index in [-0.39, 0.29) is 13.4 Å². The molecule has 0 saturated carbocycles. The molecular weight excluding hydrogens is 518 g/mol. The van der Waals surface area contributed by atoms with Gasteiger partial charge in [0.05, 0.1) is 0 Å². The minimum atomic E-state index is 0.212. The molecule has 2 aliphatic rings. The van der Waals surface area contributed by atoms with Crippen molar-refractivity contribution in [1.29, 1.82) is 0 Å². The van der Waals surface area contributed by atoms with Gasteiger partial charge in [-0.1, -0.05) is 127 Å². The van der Waals surface area contributed by atoms with Gasteiger partial charge in [0.2, 0.25) is 13.4 Å². The lowest BCUT2D eigenvalue weighted by Gasteiger charge is -2.25. The second-order valence-corrected chi connectivity index (χ2v) is 13.6. The van der Waals surface area contributed by atoms with Crippen LogP contribution in [0.3, 0.4) is 0 Å². The first kappa shape index (κ1) is 25.6. The van der Waals surface area contributed by atoms with E-state index in [1.807, 2.05) is 22.7 Å². The Hall–Kier alpha value is -3.33. The van der Waals surface area contributed by atoms with E-state index < -0.39 is 0 Å². The Labute approximate surface area is 247 Å². The van der Waals surface area contributed by atoms with Gasteiger partial charge in [0.1, 0.15) is 0 Å². The standard InChI is InChI=1S/C36H32B2S2/c1-21-15-23(3)35(24(4)16-21)37-29-11-13-39-33(29)9-7-27-20-32-28(19-31(27)37)8-10-34-30(12-14-40-34)38(32)36-25(5)17-22(2)18-26(36)6/h7-20H,1-6H3. The first-order valence-electron chi connectivity index (χ1n) is 14.1. The van der Waals surface area contributed by atoms with Gasteiger partial charge in [0.25, 0.3) is 0 Å². The maximum atomic E-state index is 2.52. The lowest BCUT2D eigenvalue weighted by Crippen LogP contribution is -2.57. The van der Waals surface area contributed by atoms with Crippen LogP contribution < -0.4 is 32.8 Å². The molecule has 194 valence electrons. The lowest BCUT2D eigenvalue weighted by molar-refractivity contribution is 1.35. The molecule has 0 aliphatic carbocycles. The summed E-state index contributed by atoms with van der Waals surface area (Å²) in [4.78, 5) is 2.74. The van der Waals surface area contributed by atoms with Gasteiger partial charge in [0, 0.05) is 9.75 Å². The van der Waals surface area contributed by atoms with E-state index in [2.05, 4.69) is 125 Å². The zero-order valence-corrected chi connectivity index (χ0v) is 25.7. The fourth-order valence-corrected chi connectivity index (χ4v) is 9.11. The molecule has 7 rings (SSSR count). The summed E-state index contributed by atoms with van der Waals surface area (Å²) in [5.74, 6) is 0. The Balaban J connectivity index is 1.52. The van der Waals surface area contributed by atoms with Gasteiger partial charge in [-0.25, -0.2) is 0 Å². The Kier molecular flexibility index (Phi) is 6.18. The molecule has 5 aromatic rings. The number of fused-ring (bicyclic) bond motifs is 4. The van der Waals surface area contributed by atoms with E-state index in [9.17, 15) is 0 Å². The summed E-state index contributed by atoms with van der Waals surface area (Å²) in [7, 11) is 0. The number of thiophene rings is 2. The van der Waals surface area contributed by atoms with Gasteiger partial charge < -0.3 is 0 Å². The predicted octanol–water partition coefficient (Wildman–Crippen LogP) is 5.66. The third-order valence-electron chi connectivity index (χ3n) is 8.87. The van der Waals surface area contributed by atoms with Crippen LogP contribution in [-0.4, -0.2) is 13.4 Å². The molecule has 4 heteroatoms. The zero-order valence-electron chi connectivity index (χ0n) is 24.1. The average Bonchev–Trinajstić information content (AvgIpc) is 3.49. The first-order chi connectivity index (χ1) is 19.3. The minimum Gasteiger partial charge on any atom is -0.145 e. The summed E-state index contributed by atoms with van der Waals surface area (Å²) in [6.45, 7) is 14.0. The third kappa shape index (κ3) is 4.04. The van der Waals surface area contributed by atoms with Crippen LogP contribution in [-0.2, 0) is 0 Å². The van der Waals surface area contributed by atoms with Gasteiger partial charge >= 0.3 is 0 Å². The number of benzene rings is 3. The molecule has 0 amide bonds. The highest BCUT2D eigenvalue weighted by molar-refractivity contribution is 7.15. The highest BCUT2D eigenvalue weighted by Gasteiger charge is 2.35. The summed E-state index contributed by atoms with van der Waals surface area (Å²) in [5.41, 5.74) is 19.4. The monoisotopic (exact) mass is 550 g/mol. The van der Waals surface area contributed by atoms with Crippen LogP contribution in [0.15, 0.2) is 59.3 Å². The van der Waals surface area contributed by atoms with Crippen molar-refractivity contribution >= 4 is 93.2 Å². The lowest BCUT2D eigenvalue weighted by atomic mass is 9.33. The van der Waals surface area contributed by atoms with Gasteiger partial charge in [0.15, 0.2) is 0 Å². The average molecular weight is 550 g/mol. The predicted molar refractivity (Wildman–Crippen MR) is 184 cm³/mol. The molecule has 0 radical (unpaired) electrons. The van der Waals surface area contributed by atoms with Crippen molar-refractivity contribution in [3.63, 3.8) is 0 Å². The minimum absolute atomic E-state index is 0.212. The van der Waals surface area contributed by atoms with Crippen molar-refractivity contribution in [3.05, 3.63) is 114 Å². The van der Waals surface area contributed by atoms with Crippen LogP contribution in [0, 0.1) is 41.5 Å². The fraction of sp³-hybridized carbons (Fsp3) is 0.167. The number of aryl methyl sites for hydroxylation is 6. The molecule has 0 fully saturated rings. The molecule has 0 unspecified atom stereocenters. The first-order valence-corrected chi connectivity index (χ1v) is 15.9. The smallest absolute Gasteiger partial charge is 0.145 e. The van der Waals surface area contributed by atoms with E-state index >= 15 is 0 Å². The van der Waals surface area contributed by atoms with E-state index in [1.54, 1.807) is 0 Å². The molecule has 2 aliphatic heterocycles. The number of hydrogen-bond donors (Lipinski definition) is 0. The molecule has 0 bridgehead atoms. The van der Waals surface area contributed by atoms with E-state index in [4.69, 9.17) is 0 Å². The summed E-state index contributed by atoms with van der Waals surface area (Å²) in [6, 6.07) is 19.2. The van der Waals surface area contributed by atoms with E-state index in [0.717, 1.165) is 0 Å². The molecular formula is C36H32B2S2. The Morgan fingerprint density at radius 2 is 0.825 bits per heavy atom. The van der Waals surface area contributed by atoms with Crippen LogP contribution in [0.5, 0.6) is 0 Å². The van der Waals surface area contributed by atoms with Gasteiger partial charge in [-0.2, -0.15) is 0 Å². The van der Waals surface area contributed by atoms with Crippen molar-refractivity contribution in [1.82, 2.24) is 0 Å². The molecule has 0 spiro atoms. The van der Waals surface area contributed by atoms with Crippen molar-refractivity contribution in [2.75, 3.05) is 0 Å². The zero-order chi connectivity index (χ0) is 27.7. The van der Waals surface area contributed by atoms with Gasteiger partial charge in [-0.15, -0.1) is 22.7 Å². The van der Waals surface area contributed by atoms with Crippen molar-refractivity contribution in [2.45, 2.75) is 41.5 Å². The van der Waals surface area contributed by atoms with E-state index in [0.29, 0.717) is 0 Å². The van der Waals surface area contributed by atoms with Crippen LogP contribution in [0.25, 0.3) is 24.3 Å². The van der Waals surface area contributed by atoms with Crippen LogP contribution in [0.1, 0.15) is 54.3 Å². The second kappa shape index (κ2) is 9.65. The Morgan fingerprint density at radius 1 is 0.450 bits per heavy atom. The molecule has 4 heterocycles. The van der Waals surface area contributed by atoms with Gasteiger partial charge in [-0.3, -0.25) is 0 Å². The molecule has 2 aromatic heterocycles. The summed E-state index contributed by atoms with van der Waals surface area (Å²) in [6.07, 6.45) is 9.45. The summed E-state index contributed by atoms with van der Waals surface area (Å²) >= 11 is 3.71. The fourth-order valence-electron chi connectivity index (χ4n) is 7.45. The second-order valence-electron chi connectivity index (χ2n) is 11.7. The van der Waals surface area contributed by atoms with Crippen molar-refractivity contribution in [2.24, 2.45) is 0 Å². The molecule has 0 nitrogen and oxygen atoms in total. The van der Waals surface area contributed by atoms with Crippen molar-refractivity contribution in [3.8, 4) is 0 Å². The molecule has 40 heavy (non-hydrogen) atoms. The summed E-state index contributed by atoms with van der Waals surface area (Å²) in [5, 5.41) is 4.51. The Morgan fingerprint density at radius 3 is 1.20 bits per heavy atom. The molecule has 3 aromatic carbocycles. The molecule has 0 saturated heterocycles.